The van der Waals surface area contributed by atoms with Crippen molar-refractivity contribution in [1.82, 2.24) is 0 Å². The maximum atomic E-state index is 10.8. The van der Waals surface area contributed by atoms with Gasteiger partial charge in [-0.15, -0.1) is 6.58 Å². The van der Waals surface area contributed by atoms with E-state index in [2.05, 4.69) is 20.4 Å². The van der Waals surface area contributed by atoms with E-state index in [0.29, 0.717) is 0 Å². The first-order valence-corrected chi connectivity index (χ1v) is 4.30. The second-order valence-corrected chi connectivity index (χ2v) is 3.52. The summed E-state index contributed by atoms with van der Waals surface area (Å²) in [5, 5.41) is 0. The average Bonchev–Trinajstić information content (AvgIpc) is 2.75. The van der Waals surface area contributed by atoms with Crippen LogP contribution in [0, 0.1) is 10.8 Å². The maximum Gasteiger partial charge on any atom is 0.127 e. The zero-order valence-corrected chi connectivity index (χ0v) is 7.39. The van der Waals surface area contributed by atoms with Crippen molar-refractivity contribution in [3.05, 3.63) is 12.7 Å². The van der Waals surface area contributed by atoms with E-state index in [1.54, 1.807) is 0 Å². The Balaban J connectivity index is 2.81. The zero-order valence-electron chi connectivity index (χ0n) is 7.39. The van der Waals surface area contributed by atoms with Crippen molar-refractivity contribution in [2.45, 2.75) is 33.1 Å². The van der Waals surface area contributed by atoms with Gasteiger partial charge in [0, 0.05) is 10.8 Å². The number of aldehydes is 1. The third-order valence-corrected chi connectivity index (χ3v) is 3.38. The van der Waals surface area contributed by atoms with Crippen LogP contribution in [0.15, 0.2) is 12.7 Å². The zero-order chi connectivity index (χ0) is 8.54. The van der Waals surface area contributed by atoms with Gasteiger partial charge in [-0.05, 0) is 19.3 Å². The van der Waals surface area contributed by atoms with Gasteiger partial charge < -0.3 is 4.79 Å². The number of rotatable bonds is 4. The van der Waals surface area contributed by atoms with Crippen LogP contribution in [-0.2, 0) is 4.79 Å². The molecule has 0 bridgehead atoms. The Hall–Kier alpha value is -0.590. The molecule has 0 aromatic rings. The lowest BCUT2D eigenvalue weighted by molar-refractivity contribution is -0.113. The lowest BCUT2D eigenvalue weighted by atomic mass is 9.89. The number of carbonyl (C=O) groups is 1. The predicted molar refractivity (Wildman–Crippen MR) is 46.3 cm³/mol. The van der Waals surface area contributed by atoms with Crippen molar-refractivity contribution in [3.8, 4) is 0 Å². The lowest BCUT2D eigenvalue weighted by Gasteiger charge is -2.13. The normalized spacial score (nSPS) is 41.6. The molecule has 2 atom stereocenters. The third-order valence-electron chi connectivity index (χ3n) is 3.38. The number of hydrogen-bond acceptors (Lipinski definition) is 1. The van der Waals surface area contributed by atoms with Crippen LogP contribution in [0.1, 0.15) is 33.1 Å². The molecule has 0 radical (unpaired) electrons. The first-order chi connectivity index (χ1) is 5.20. The molecule has 0 amide bonds. The number of allylic oxidation sites excluding steroid dienone is 1. The number of hydrogen-bond donors (Lipinski definition) is 0. The SMILES string of the molecule is C=CC1(CC)CC1(C=O)CC. The Bertz CT molecular complexity index is 165. The summed E-state index contributed by atoms with van der Waals surface area (Å²) in [6.45, 7) is 8.00. The van der Waals surface area contributed by atoms with Crippen LogP contribution in [0.4, 0.5) is 0 Å². The van der Waals surface area contributed by atoms with Crippen molar-refractivity contribution >= 4 is 6.29 Å². The van der Waals surface area contributed by atoms with Crippen LogP contribution < -0.4 is 0 Å². The summed E-state index contributed by atoms with van der Waals surface area (Å²) >= 11 is 0. The van der Waals surface area contributed by atoms with E-state index in [4.69, 9.17) is 0 Å². The molecule has 1 rings (SSSR count). The maximum absolute atomic E-state index is 10.8. The summed E-state index contributed by atoms with van der Waals surface area (Å²) in [6, 6.07) is 0. The van der Waals surface area contributed by atoms with Gasteiger partial charge in [0.1, 0.15) is 6.29 Å². The van der Waals surface area contributed by atoms with E-state index in [1.165, 1.54) is 0 Å². The fourth-order valence-electron chi connectivity index (χ4n) is 2.13. The van der Waals surface area contributed by atoms with Gasteiger partial charge in [0.2, 0.25) is 0 Å². The van der Waals surface area contributed by atoms with Crippen molar-refractivity contribution in [2.75, 3.05) is 0 Å². The second kappa shape index (κ2) is 2.47. The molecule has 11 heavy (non-hydrogen) atoms. The topological polar surface area (TPSA) is 17.1 Å². The molecule has 2 unspecified atom stereocenters. The van der Waals surface area contributed by atoms with Crippen molar-refractivity contribution in [3.63, 3.8) is 0 Å². The minimum atomic E-state index is -0.0521. The molecule has 1 aliphatic carbocycles. The third kappa shape index (κ3) is 0.867. The molecule has 0 heterocycles. The minimum absolute atomic E-state index is 0.0521. The molecule has 1 heteroatoms. The molecule has 62 valence electrons. The molecular weight excluding hydrogens is 136 g/mol. The van der Waals surface area contributed by atoms with E-state index < -0.39 is 0 Å². The standard InChI is InChI=1S/C10H16O/c1-4-9(5-2)7-10(9,6-3)8-11/h4,8H,1,5-7H2,2-3H3. The van der Waals surface area contributed by atoms with Crippen LogP contribution in [-0.4, -0.2) is 6.29 Å². The van der Waals surface area contributed by atoms with Crippen molar-refractivity contribution in [2.24, 2.45) is 10.8 Å². The van der Waals surface area contributed by atoms with Crippen LogP contribution in [0.25, 0.3) is 0 Å². The van der Waals surface area contributed by atoms with Gasteiger partial charge in [-0.25, -0.2) is 0 Å². The molecule has 0 spiro atoms. The molecule has 0 aliphatic heterocycles. The van der Waals surface area contributed by atoms with Crippen LogP contribution in [0.2, 0.25) is 0 Å². The highest BCUT2D eigenvalue weighted by Crippen LogP contribution is 2.67. The van der Waals surface area contributed by atoms with E-state index >= 15 is 0 Å². The largest absolute Gasteiger partial charge is 0.303 e. The van der Waals surface area contributed by atoms with Gasteiger partial charge in [-0.1, -0.05) is 19.9 Å². The molecule has 0 aromatic heterocycles. The molecule has 0 saturated heterocycles. The molecule has 0 N–H and O–H groups in total. The van der Waals surface area contributed by atoms with E-state index in [9.17, 15) is 4.79 Å². The van der Waals surface area contributed by atoms with Gasteiger partial charge in [0.25, 0.3) is 0 Å². The predicted octanol–water partition coefficient (Wildman–Crippen LogP) is 2.57. The fourth-order valence-corrected chi connectivity index (χ4v) is 2.13. The summed E-state index contributed by atoms with van der Waals surface area (Å²) in [6.07, 6.45) is 6.10. The molecular formula is C10H16O. The van der Waals surface area contributed by atoms with Gasteiger partial charge in [-0.2, -0.15) is 0 Å². The summed E-state index contributed by atoms with van der Waals surface area (Å²) in [4.78, 5) is 10.8. The van der Waals surface area contributed by atoms with Gasteiger partial charge in [-0.3, -0.25) is 0 Å². The van der Waals surface area contributed by atoms with Crippen LogP contribution in [0.5, 0.6) is 0 Å². The first kappa shape index (κ1) is 8.51. The van der Waals surface area contributed by atoms with E-state index in [1.807, 2.05) is 6.08 Å². The van der Waals surface area contributed by atoms with Gasteiger partial charge in [0.15, 0.2) is 0 Å². The first-order valence-electron chi connectivity index (χ1n) is 4.30. The quantitative estimate of drug-likeness (QED) is 0.447. The monoisotopic (exact) mass is 152 g/mol. The molecule has 1 aliphatic rings. The lowest BCUT2D eigenvalue weighted by Crippen LogP contribution is -2.11. The summed E-state index contributed by atoms with van der Waals surface area (Å²) in [5.74, 6) is 0. The fraction of sp³-hybridized carbons (Fsp3) is 0.700. The Labute approximate surface area is 68.5 Å². The minimum Gasteiger partial charge on any atom is -0.303 e. The highest BCUT2D eigenvalue weighted by molar-refractivity contribution is 5.68. The summed E-state index contributed by atoms with van der Waals surface area (Å²) < 4.78 is 0. The van der Waals surface area contributed by atoms with Gasteiger partial charge in [0.05, 0.1) is 0 Å². The van der Waals surface area contributed by atoms with Gasteiger partial charge >= 0.3 is 0 Å². The van der Waals surface area contributed by atoms with Crippen molar-refractivity contribution < 1.29 is 4.79 Å². The van der Waals surface area contributed by atoms with Crippen LogP contribution >= 0.6 is 0 Å². The Morgan fingerprint density at radius 3 is 2.00 bits per heavy atom. The second-order valence-electron chi connectivity index (χ2n) is 3.52. The Morgan fingerprint density at radius 2 is 1.91 bits per heavy atom. The highest BCUT2D eigenvalue weighted by atomic mass is 16.1. The molecule has 0 aromatic carbocycles. The Morgan fingerprint density at radius 1 is 1.36 bits per heavy atom. The average molecular weight is 152 g/mol. The number of carbonyl (C=O) groups excluding carboxylic acids is 1. The summed E-state index contributed by atoms with van der Waals surface area (Å²) in [7, 11) is 0. The summed E-state index contributed by atoms with van der Waals surface area (Å²) in [5.41, 5.74) is 0.0903. The van der Waals surface area contributed by atoms with Crippen LogP contribution in [0.3, 0.4) is 0 Å². The smallest absolute Gasteiger partial charge is 0.127 e. The highest BCUT2D eigenvalue weighted by Gasteiger charge is 2.63. The van der Waals surface area contributed by atoms with E-state index in [0.717, 1.165) is 25.5 Å². The Kier molecular flexibility index (Phi) is 1.91. The molecule has 1 nitrogen and oxygen atoms in total. The van der Waals surface area contributed by atoms with Crippen molar-refractivity contribution in [1.29, 1.82) is 0 Å². The molecule has 1 fully saturated rings. The molecule has 1 saturated carbocycles. The van der Waals surface area contributed by atoms with E-state index in [-0.39, 0.29) is 10.8 Å².